The quantitative estimate of drug-likeness (QED) is 0.436. The molecule has 0 aliphatic heterocycles. The summed E-state index contributed by atoms with van der Waals surface area (Å²) < 4.78 is 0. The number of nitrogens with zero attached hydrogens (tertiary/aromatic N) is 1. The lowest BCUT2D eigenvalue weighted by atomic mass is 9.95. The van der Waals surface area contributed by atoms with Crippen molar-refractivity contribution in [1.29, 1.82) is 5.26 Å². The fourth-order valence-corrected chi connectivity index (χ4v) is 2.15. The van der Waals surface area contributed by atoms with Gasteiger partial charge in [-0.2, -0.15) is 5.26 Å². The van der Waals surface area contributed by atoms with E-state index in [-0.39, 0.29) is 4.99 Å². The summed E-state index contributed by atoms with van der Waals surface area (Å²) in [7, 11) is 0. The van der Waals surface area contributed by atoms with Gasteiger partial charge in [0.25, 0.3) is 0 Å². The fraction of sp³-hybridized carbons (Fsp3) is 0.636. The topological polar surface area (TPSA) is 61.8 Å². The SMILES string of the molecule is C/C(NC1CCCCC1)=C(/C#N)C(N)=S. The summed E-state index contributed by atoms with van der Waals surface area (Å²) >= 11 is 4.82. The van der Waals surface area contributed by atoms with E-state index in [1.54, 1.807) is 0 Å². The van der Waals surface area contributed by atoms with Gasteiger partial charge in [-0.1, -0.05) is 31.5 Å². The Morgan fingerprint density at radius 3 is 2.47 bits per heavy atom. The van der Waals surface area contributed by atoms with E-state index in [9.17, 15) is 0 Å². The second-order valence-electron chi connectivity index (χ2n) is 3.96. The van der Waals surface area contributed by atoms with Crippen molar-refractivity contribution in [2.75, 3.05) is 0 Å². The van der Waals surface area contributed by atoms with Gasteiger partial charge in [0.15, 0.2) is 0 Å². The monoisotopic (exact) mass is 223 g/mol. The molecule has 15 heavy (non-hydrogen) atoms. The number of hydrogen-bond acceptors (Lipinski definition) is 3. The zero-order valence-corrected chi connectivity index (χ0v) is 9.86. The lowest BCUT2D eigenvalue weighted by Crippen LogP contribution is -2.31. The van der Waals surface area contributed by atoms with Crippen molar-refractivity contribution < 1.29 is 0 Å². The van der Waals surface area contributed by atoms with Crippen LogP contribution in [0.3, 0.4) is 0 Å². The molecular formula is C11H17N3S. The van der Waals surface area contributed by atoms with Gasteiger partial charge in [-0.25, -0.2) is 0 Å². The van der Waals surface area contributed by atoms with Crippen LogP contribution in [0.2, 0.25) is 0 Å². The summed E-state index contributed by atoms with van der Waals surface area (Å²) in [6.07, 6.45) is 6.20. The number of nitrogens with two attached hydrogens (primary N) is 1. The fourth-order valence-electron chi connectivity index (χ4n) is 1.95. The van der Waals surface area contributed by atoms with Crippen LogP contribution >= 0.6 is 12.2 Å². The van der Waals surface area contributed by atoms with E-state index in [4.69, 9.17) is 23.2 Å². The minimum absolute atomic E-state index is 0.179. The second kappa shape index (κ2) is 5.72. The zero-order valence-electron chi connectivity index (χ0n) is 9.05. The van der Waals surface area contributed by atoms with E-state index < -0.39 is 0 Å². The molecule has 0 amide bonds. The molecule has 4 heteroatoms. The number of thiocarbonyl (C=S) groups is 1. The Labute approximate surface area is 96.3 Å². The summed E-state index contributed by atoms with van der Waals surface area (Å²) in [5.41, 5.74) is 6.69. The smallest absolute Gasteiger partial charge is 0.116 e. The predicted octanol–water partition coefficient (Wildman–Crippen LogP) is 1.99. The van der Waals surface area contributed by atoms with Gasteiger partial charge >= 0.3 is 0 Å². The number of hydrogen-bond donors (Lipinski definition) is 2. The minimum atomic E-state index is 0.179. The van der Waals surface area contributed by atoms with Crippen LogP contribution in [0.1, 0.15) is 39.0 Å². The van der Waals surface area contributed by atoms with Crippen molar-refractivity contribution in [1.82, 2.24) is 5.32 Å². The van der Waals surface area contributed by atoms with Gasteiger partial charge in [-0.05, 0) is 19.8 Å². The summed E-state index contributed by atoms with van der Waals surface area (Å²) in [6, 6.07) is 2.52. The Balaban J connectivity index is 2.63. The van der Waals surface area contributed by atoms with Gasteiger partial charge in [0, 0.05) is 11.7 Å². The van der Waals surface area contributed by atoms with Crippen LogP contribution in [-0.2, 0) is 0 Å². The van der Waals surface area contributed by atoms with Crippen molar-refractivity contribution in [3.05, 3.63) is 11.3 Å². The highest BCUT2D eigenvalue weighted by atomic mass is 32.1. The van der Waals surface area contributed by atoms with Crippen molar-refractivity contribution in [3.63, 3.8) is 0 Å². The predicted molar refractivity (Wildman–Crippen MR) is 65.1 cm³/mol. The maximum absolute atomic E-state index is 8.88. The van der Waals surface area contributed by atoms with Crippen LogP contribution in [-0.4, -0.2) is 11.0 Å². The molecule has 0 aromatic carbocycles. The molecule has 0 heterocycles. The summed E-state index contributed by atoms with van der Waals surface area (Å²) in [5.74, 6) is 0. The standard InChI is InChI=1S/C11H17N3S/c1-8(10(7-12)11(13)15)14-9-5-3-2-4-6-9/h9,14H,2-6H2,1H3,(H2,13,15)/b10-8+. The van der Waals surface area contributed by atoms with E-state index in [1.165, 1.54) is 32.1 Å². The third kappa shape index (κ3) is 3.52. The highest BCUT2D eigenvalue weighted by Gasteiger charge is 2.14. The summed E-state index contributed by atoms with van der Waals surface area (Å²) in [6.45, 7) is 1.87. The Morgan fingerprint density at radius 2 is 2.00 bits per heavy atom. The number of rotatable bonds is 3. The molecular weight excluding hydrogens is 206 g/mol. The molecule has 0 bridgehead atoms. The third-order valence-corrected chi connectivity index (χ3v) is 2.96. The third-order valence-electron chi connectivity index (χ3n) is 2.76. The molecule has 82 valence electrons. The molecule has 0 saturated heterocycles. The van der Waals surface area contributed by atoms with E-state index in [0.717, 1.165) is 5.70 Å². The van der Waals surface area contributed by atoms with Crippen LogP contribution in [0.5, 0.6) is 0 Å². The van der Waals surface area contributed by atoms with E-state index in [0.29, 0.717) is 11.6 Å². The molecule has 0 atom stereocenters. The molecule has 0 radical (unpaired) electrons. The number of nitrogens with one attached hydrogen (secondary N) is 1. The van der Waals surface area contributed by atoms with Crippen molar-refractivity contribution in [2.45, 2.75) is 45.1 Å². The van der Waals surface area contributed by atoms with Crippen molar-refractivity contribution in [2.24, 2.45) is 5.73 Å². The lowest BCUT2D eigenvalue weighted by Gasteiger charge is -2.24. The van der Waals surface area contributed by atoms with E-state index in [1.807, 2.05) is 13.0 Å². The Morgan fingerprint density at radius 1 is 1.40 bits per heavy atom. The van der Waals surface area contributed by atoms with Crippen LogP contribution < -0.4 is 11.1 Å². The average molecular weight is 223 g/mol. The molecule has 1 aliphatic carbocycles. The highest BCUT2D eigenvalue weighted by Crippen LogP contribution is 2.18. The van der Waals surface area contributed by atoms with Crippen LogP contribution in [0.15, 0.2) is 11.3 Å². The second-order valence-corrected chi connectivity index (χ2v) is 4.40. The minimum Gasteiger partial charge on any atom is -0.389 e. The molecule has 0 aromatic heterocycles. The molecule has 0 spiro atoms. The van der Waals surface area contributed by atoms with Crippen LogP contribution in [0, 0.1) is 11.3 Å². The first-order valence-corrected chi connectivity index (χ1v) is 5.73. The van der Waals surface area contributed by atoms with Crippen LogP contribution in [0.4, 0.5) is 0 Å². The first kappa shape index (κ1) is 12.0. The average Bonchev–Trinajstić information content (AvgIpc) is 2.19. The Bertz CT molecular complexity index is 308. The largest absolute Gasteiger partial charge is 0.389 e. The Kier molecular flexibility index (Phi) is 4.57. The lowest BCUT2D eigenvalue weighted by molar-refractivity contribution is 0.396. The Hall–Kier alpha value is -1.08. The van der Waals surface area contributed by atoms with Crippen molar-refractivity contribution in [3.8, 4) is 6.07 Å². The summed E-state index contributed by atoms with van der Waals surface area (Å²) in [4.78, 5) is 0.179. The van der Waals surface area contributed by atoms with E-state index in [2.05, 4.69) is 5.32 Å². The zero-order chi connectivity index (χ0) is 11.3. The molecule has 1 fully saturated rings. The first-order valence-electron chi connectivity index (χ1n) is 5.32. The molecule has 1 rings (SSSR count). The normalized spacial score (nSPS) is 18.9. The van der Waals surface area contributed by atoms with Gasteiger partial charge in [0.1, 0.15) is 16.6 Å². The highest BCUT2D eigenvalue weighted by molar-refractivity contribution is 7.80. The molecule has 1 saturated carbocycles. The number of allylic oxidation sites excluding steroid dienone is 1. The van der Waals surface area contributed by atoms with E-state index >= 15 is 0 Å². The molecule has 3 N–H and O–H groups in total. The van der Waals surface area contributed by atoms with Gasteiger partial charge in [-0.15, -0.1) is 0 Å². The molecule has 0 aromatic rings. The van der Waals surface area contributed by atoms with Gasteiger partial charge in [-0.3, -0.25) is 0 Å². The summed E-state index contributed by atoms with van der Waals surface area (Å²) in [5, 5.41) is 12.2. The number of nitriles is 1. The molecule has 0 unspecified atom stereocenters. The maximum Gasteiger partial charge on any atom is 0.116 e. The first-order chi connectivity index (χ1) is 7.15. The van der Waals surface area contributed by atoms with Gasteiger partial charge in [0.2, 0.25) is 0 Å². The molecule has 1 aliphatic rings. The van der Waals surface area contributed by atoms with Gasteiger partial charge < -0.3 is 11.1 Å². The molecule has 3 nitrogen and oxygen atoms in total. The maximum atomic E-state index is 8.88. The van der Waals surface area contributed by atoms with Crippen LogP contribution in [0.25, 0.3) is 0 Å². The van der Waals surface area contributed by atoms with Crippen molar-refractivity contribution >= 4 is 17.2 Å². The van der Waals surface area contributed by atoms with Gasteiger partial charge in [0.05, 0.1) is 0 Å².